The van der Waals surface area contributed by atoms with Gasteiger partial charge >= 0.3 is 0 Å². The molecule has 0 saturated carbocycles. The van der Waals surface area contributed by atoms with Crippen LogP contribution in [0.25, 0.3) is 0 Å². The van der Waals surface area contributed by atoms with Crippen molar-refractivity contribution < 1.29 is 17.9 Å². The van der Waals surface area contributed by atoms with Gasteiger partial charge in [0.1, 0.15) is 5.75 Å². The summed E-state index contributed by atoms with van der Waals surface area (Å²) in [7, 11) is -1.98. The van der Waals surface area contributed by atoms with Crippen LogP contribution < -0.4 is 14.4 Å². The fraction of sp³-hybridized carbons (Fsp3) is 0.235. The average Bonchev–Trinajstić information content (AvgIpc) is 2.58. The molecular weight excluding hydrogens is 364 g/mol. The van der Waals surface area contributed by atoms with Crippen molar-refractivity contribution in [1.29, 1.82) is 0 Å². The number of nitrogens with zero attached hydrogens (tertiary/aromatic N) is 1. The Bertz CT molecular complexity index is 838. The molecule has 0 aromatic heterocycles. The quantitative estimate of drug-likeness (QED) is 0.798. The van der Waals surface area contributed by atoms with Gasteiger partial charge in [-0.05, 0) is 35.9 Å². The molecule has 134 valence electrons. The van der Waals surface area contributed by atoms with Gasteiger partial charge in [-0.1, -0.05) is 29.8 Å². The molecule has 2 aromatic carbocycles. The number of benzene rings is 2. The lowest BCUT2D eigenvalue weighted by atomic mass is 10.2. The van der Waals surface area contributed by atoms with Crippen molar-refractivity contribution in [3.8, 4) is 5.75 Å². The molecule has 0 aliphatic heterocycles. The van der Waals surface area contributed by atoms with E-state index >= 15 is 0 Å². The first-order valence-corrected chi connectivity index (χ1v) is 9.68. The summed E-state index contributed by atoms with van der Waals surface area (Å²) in [6.45, 7) is 0.0161. The number of carbonyl (C=O) groups excluding carboxylic acids is 1. The number of ether oxygens (including phenoxy) is 1. The van der Waals surface area contributed by atoms with Gasteiger partial charge in [-0.25, -0.2) is 8.42 Å². The summed E-state index contributed by atoms with van der Waals surface area (Å²) in [5.74, 6) is 0.221. The average molecular weight is 383 g/mol. The Kier molecular flexibility index (Phi) is 6.27. The first-order chi connectivity index (χ1) is 11.8. The number of halogens is 1. The highest BCUT2D eigenvalue weighted by Crippen LogP contribution is 2.26. The zero-order valence-corrected chi connectivity index (χ0v) is 15.5. The molecule has 6 nitrogen and oxygen atoms in total. The maximum absolute atomic E-state index is 12.2. The maximum Gasteiger partial charge on any atom is 0.257 e. The molecule has 2 aromatic rings. The van der Waals surface area contributed by atoms with Gasteiger partial charge in [0.2, 0.25) is 10.0 Å². The topological polar surface area (TPSA) is 75.7 Å². The summed E-state index contributed by atoms with van der Waals surface area (Å²) in [5.41, 5.74) is 1.18. The standard InChI is InChI=1S/C17H19ClN2O4S/c1-19-17(21)12-24-15-9-7-14(8-10-15)20(25(2,22)23)11-13-5-3-4-6-16(13)18/h3-10H,11-12H2,1-2H3,(H,19,21). The van der Waals surface area contributed by atoms with Crippen LogP contribution in [-0.4, -0.2) is 34.2 Å². The van der Waals surface area contributed by atoms with Crippen molar-refractivity contribution in [2.45, 2.75) is 6.54 Å². The highest BCUT2D eigenvalue weighted by atomic mass is 35.5. The molecule has 0 heterocycles. The number of likely N-dealkylation sites (N-methyl/N-ethyl adjacent to an activating group) is 1. The number of carbonyl (C=O) groups is 1. The Labute approximate surface area is 152 Å². The van der Waals surface area contributed by atoms with Crippen LogP contribution in [0.4, 0.5) is 5.69 Å². The number of hydrogen-bond acceptors (Lipinski definition) is 4. The van der Waals surface area contributed by atoms with E-state index in [-0.39, 0.29) is 19.1 Å². The van der Waals surface area contributed by atoms with Crippen molar-refractivity contribution in [3.63, 3.8) is 0 Å². The van der Waals surface area contributed by atoms with E-state index in [0.29, 0.717) is 22.0 Å². The molecule has 0 radical (unpaired) electrons. The summed E-state index contributed by atoms with van der Waals surface area (Å²) in [4.78, 5) is 11.2. The third kappa shape index (κ3) is 5.37. The van der Waals surface area contributed by atoms with Crippen LogP contribution in [0.2, 0.25) is 5.02 Å². The van der Waals surface area contributed by atoms with Crippen molar-refractivity contribution in [3.05, 3.63) is 59.1 Å². The lowest BCUT2D eigenvalue weighted by molar-refractivity contribution is -0.122. The van der Waals surface area contributed by atoms with Crippen LogP contribution in [0, 0.1) is 0 Å². The lowest BCUT2D eigenvalue weighted by Crippen LogP contribution is -2.29. The molecule has 0 saturated heterocycles. The van der Waals surface area contributed by atoms with Crippen LogP contribution in [0.15, 0.2) is 48.5 Å². The molecule has 0 aliphatic rings. The molecule has 8 heteroatoms. The van der Waals surface area contributed by atoms with Gasteiger partial charge in [0, 0.05) is 12.1 Å². The number of amides is 1. The van der Waals surface area contributed by atoms with Gasteiger partial charge in [-0.15, -0.1) is 0 Å². The maximum atomic E-state index is 12.2. The Morgan fingerprint density at radius 1 is 1.16 bits per heavy atom. The molecule has 0 spiro atoms. The summed E-state index contributed by atoms with van der Waals surface area (Å²) >= 11 is 6.14. The Morgan fingerprint density at radius 2 is 1.80 bits per heavy atom. The zero-order valence-electron chi connectivity index (χ0n) is 13.9. The van der Waals surface area contributed by atoms with Gasteiger partial charge in [0.05, 0.1) is 18.5 Å². The summed E-state index contributed by atoms with van der Waals surface area (Å²) in [6, 6.07) is 13.6. The Hall–Kier alpha value is -2.25. The molecule has 2 rings (SSSR count). The molecule has 0 unspecified atom stereocenters. The largest absolute Gasteiger partial charge is 0.484 e. The molecule has 0 bridgehead atoms. The molecule has 0 fully saturated rings. The first kappa shape index (κ1) is 19.1. The third-order valence-electron chi connectivity index (χ3n) is 3.45. The van der Waals surface area contributed by atoms with Gasteiger partial charge in [-0.2, -0.15) is 0 Å². The predicted molar refractivity (Wildman–Crippen MR) is 98.5 cm³/mol. The molecule has 1 N–H and O–H groups in total. The van der Waals surface area contributed by atoms with Crippen LogP contribution in [0.1, 0.15) is 5.56 Å². The van der Waals surface area contributed by atoms with Gasteiger partial charge in [0.15, 0.2) is 6.61 Å². The highest BCUT2D eigenvalue weighted by molar-refractivity contribution is 7.92. The van der Waals surface area contributed by atoms with E-state index in [4.69, 9.17) is 16.3 Å². The predicted octanol–water partition coefficient (Wildman–Crippen LogP) is 2.43. The van der Waals surface area contributed by atoms with Crippen LogP contribution in [0.5, 0.6) is 5.75 Å². The van der Waals surface area contributed by atoms with E-state index in [9.17, 15) is 13.2 Å². The van der Waals surface area contributed by atoms with E-state index in [2.05, 4.69) is 5.32 Å². The van der Waals surface area contributed by atoms with Crippen LogP contribution >= 0.6 is 11.6 Å². The second kappa shape index (κ2) is 8.22. The number of nitrogens with one attached hydrogen (secondary N) is 1. The number of anilines is 1. The van der Waals surface area contributed by atoms with Gasteiger partial charge in [-0.3, -0.25) is 9.10 Å². The smallest absolute Gasteiger partial charge is 0.257 e. The molecule has 0 aliphatic carbocycles. The van der Waals surface area contributed by atoms with Gasteiger partial charge in [0.25, 0.3) is 5.91 Å². The van der Waals surface area contributed by atoms with E-state index < -0.39 is 10.0 Å². The van der Waals surface area contributed by atoms with E-state index in [1.54, 1.807) is 48.5 Å². The highest BCUT2D eigenvalue weighted by Gasteiger charge is 2.19. The van der Waals surface area contributed by atoms with Crippen LogP contribution in [-0.2, 0) is 21.4 Å². The van der Waals surface area contributed by atoms with Crippen molar-refractivity contribution in [2.75, 3.05) is 24.2 Å². The van der Waals surface area contributed by atoms with E-state index in [1.165, 1.54) is 11.4 Å². The van der Waals surface area contributed by atoms with Crippen LogP contribution in [0.3, 0.4) is 0 Å². The normalized spacial score (nSPS) is 11.0. The second-order valence-corrected chi connectivity index (χ2v) is 7.63. The van der Waals surface area contributed by atoms with E-state index in [1.807, 2.05) is 0 Å². The van der Waals surface area contributed by atoms with Crippen molar-refractivity contribution >= 4 is 33.2 Å². The summed E-state index contributed by atoms with van der Waals surface area (Å²) in [5, 5.41) is 2.95. The molecule has 25 heavy (non-hydrogen) atoms. The van der Waals surface area contributed by atoms with Crippen molar-refractivity contribution in [1.82, 2.24) is 5.32 Å². The van der Waals surface area contributed by atoms with E-state index in [0.717, 1.165) is 6.26 Å². The third-order valence-corrected chi connectivity index (χ3v) is 4.95. The minimum atomic E-state index is -3.51. The zero-order chi connectivity index (χ0) is 18.4. The molecular formula is C17H19ClN2O4S. The van der Waals surface area contributed by atoms with Crippen molar-refractivity contribution in [2.24, 2.45) is 0 Å². The SMILES string of the molecule is CNC(=O)COc1ccc(N(Cc2ccccc2Cl)S(C)(=O)=O)cc1. The second-order valence-electron chi connectivity index (χ2n) is 5.32. The summed E-state index contributed by atoms with van der Waals surface area (Å²) in [6.07, 6.45) is 1.14. The Morgan fingerprint density at radius 3 is 2.36 bits per heavy atom. The van der Waals surface area contributed by atoms with Gasteiger partial charge < -0.3 is 10.1 Å². The fourth-order valence-electron chi connectivity index (χ4n) is 2.11. The summed E-state index contributed by atoms with van der Waals surface area (Å²) < 4.78 is 30.9. The number of rotatable bonds is 7. The molecule has 1 amide bonds. The Balaban J connectivity index is 2.21. The first-order valence-electron chi connectivity index (χ1n) is 7.46. The monoisotopic (exact) mass is 382 g/mol. The fourth-order valence-corrected chi connectivity index (χ4v) is 3.18. The number of sulfonamides is 1. The lowest BCUT2D eigenvalue weighted by Gasteiger charge is -2.23. The minimum absolute atomic E-state index is 0.106. The minimum Gasteiger partial charge on any atom is -0.484 e. The molecule has 0 atom stereocenters. The number of hydrogen-bond donors (Lipinski definition) is 1.